The van der Waals surface area contributed by atoms with E-state index in [9.17, 15) is 24.6 Å². The van der Waals surface area contributed by atoms with Gasteiger partial charge in [-0.3, -0.25) is 10.1 Å². The summed E-state index contributed by atoms with van der Waals surface area (Å²) >= 11 is 0. The molecule has 12 heteroatoms. The maximum atomic E-state index is 14.4. The minimum Gasteiger partial charge on any atom is -0.450 e. The Bertz CT molecular complexity index is 1300. The van der Waals surface area contributed by atoms with Crippen LogP contribution in [0.3, 0.4) is 0 Å². The van der Waals surface area contributed by atoms with Crippen LogP contribution in [0.15, 0.2) is 60.7 Å². The third-order valence-corrected chi connectivity index (χ3v) is 9.70. The van der Waals surface area contributed by atoms with Crippen LogP contribution in [0.4, 0.5) is 9.59 Å². The Hall–Kier alpha value is -3.45. The number of alkyl carbamates (subject to hydrolysis) is 2. The van der Waals surface area contributed by atoms with Gasteiger partial charge in [0.15, 0.2) is 0 Å². The molecule has 3 amide bonds. The topological polar surface area (TPSA) is 163 Å². The van der Waals surface area contributed by atoms with E-state index < -0.39 is 68.3 Å². The number of aliphatic hydroxyl groups excluding tert-OH is 2. The van der Waals surface area contributed by atoms with Crippen LogP contribution in [0.2, 0.25) is 25.7 Å². The molecule has 0 aliphatic carbocycles. The molecular weight excluding hydrogens is 629 g/mol. The highest BCUT2D eigenvalue weighted by Gasteiger charge is 2.48. The Kier molecular flexibility index (Phi) is 15.1. The summed E-state index contributed by atoms with van der Waals surface area (Å²) in [6.45, 7) is 16.5. The summed E-state index contributed by atoms with van der Waals surface area (Å²) < 4.78 is 11.1. The number of hydrogen-bond acceptors (Lipinski definition) is 8. The molecule has 5 atom stereocenters. The molecule has 0 heterocycles. The summed E-state index contributed by atoms with van der Waals surface area (Å²) in [5.74, 6) is -0.914. The van der Waals surface area contributed by atoms with Crippen molar-refractivity contribution in [1.82, 2.24) is 15.5 Å². The third kappa shape index (κ3) is 13.2. The van der Waals surface area contributed by atoms with Gasteiger partial charge in [-0.1, -0.05) is 94.2 Å². The number of rotatable bonds is 16. The van der Waals surface area contributed by atoms with Gasteiger partial charge in [0.05, 0.1) is 37.4 Å². The zero-order valence-corrected chi connectivity index (χ0v) is 31.2. The first kappa shape index (κ1) is 40.7. The summed E-state index contributed by atoms with van der Waals surface area (Å²) in [6, 6.07) is 17.1. The fourth-order valence-electron chi connectivity index (χ4n) is 5.09. The number of aliphatic hydroxyl groups is 2. The number of carbonyl (C=O) groups excluding carboxylic acids is 3. The number of nitrogens with zero attached hydrogens (tertiary/aromatic N) is 1. The van der Waals surface area contributed by atoms with Crippen molar-refractivity contribution in [2.75, 3.05) is 13.2 Å². The van der Waals surface area contributed by atoms with E-state index in [1.54, 1.807) is 34.6 Å². The molecule has 0 saturated carbocycles. The van der Waals surface area contributed by atoms with Crippen molar-refractivity contribution in [3.05, 3.63) is 71.8 Å². The molecule has 0 aliphatic rings. The highest BCUT2D eigenvalue weighted by Crippen LogP contribution is 2.27. The van der Waals surface area contributed by atoms with Gasteiger partial charge >= 0.3 is 12.2 Å². The lowest BCUT2D eigenvalue weighted by molar-refractivity contribution is -0.151. The van der Waals surface area contributed by atoms with Crippen molar-refractivity contribution in [2.45, 2.75) is 116 Å². The molecule has 2 aromatic carbocycles. The van der Waals surface area contributed by atoms with Crippen LogP contribution < -0.4 is 16.4 Å². The highest BCUT2D eigenvalue weighted by molar-refractivity contribution is 6.76. The predicted molar refractivity (Wildman–Crippen MR) is 191 cm³/mol. The molecule has 0 radical (unpaired) electrons. The van der Waals surface area contributed by atoms with Crippen LogP contribution in [0, 0.1) is 5.92 Å². The van der Waals surface area contributed by atoms with Crippen LogP contribution in [0.25, 0.3) is 0 Å². The smallest absolute Gasteiger partial charge is 0.409 e. The van der Waals surface area contributed by atoms with Gasteiger partial charge in [0.1, 0.15) is 11.3 Å². The minimum absolute atomic E-state index is 0.0270. The summed E-state index contributed by atoms with van der Waals surface area (Å²) in [5, 5.41) is 29.1. The highest BCUT2D eigenvalue weighted by atomic mass is 28.3. The van der Waals surface area contributed by atoms with Crippen LogP contribution in [0.1, 0.15) is 52.7 Å². The van der Waals surface area contributed by atoms with Gasteiger partial charge in [0, 0.05) is 14.5 Å². The first-order chi connectivity index (χ1) is 22.2. The Morgan fingerprint density at radius 3 is 1.92 bits per heavy atom. The number of carbonyl (C=O) groups is 3. The molecular formula is C36H58N4O7Si. The van der Waals surface area contributed by atoms with Crippen LogP contribution >= 0.6 is 0 Å². The number of amides is 3. The number of nitrogens with two attached hydrogens (primary N) is 1. The summed E-state index contributed by atoms with van der Waals surface area (Å²) in [4.78, 5) is 42.1. The second-order valence-corrected chi connectivity index (χ2v) is 20.7. The number of benzene rings is 2. The fraction of sp³-hybridized carbons (Fsp3) is 0.583. The summed E-state index contributed by atoms with van der Waals surface area (Å²) in [6.07, 6.45) is -4.13. The quantitative estimate of drug-likeness (QED) is 0.126. The molecule has 0 fully saturated rings. The Morgan fingerprint density at radius 1 is 0.896 bits per heavy atom. The van der Waals surface area contributed by atoms with Crippen molar-refractivity contribution in [1.29, 1.82) is 0 Å². The second-order valence-electron chi connectivity index (χ2n) is 15.1. The van der Waals surface area contributed by atoms with E-state index in [1.807, 2.05) is 60.7 Å². The fourth-order valence-corrected chi connectivity index (χ4v) is 5.81. The van der Waals surface area contributed by atoms with Gasteiger partial charge in [-0.05, 0) is 57.2 Å². The standard InChI is InChI=1S/C36H58N4O7Si/c1-25(2)31(37)32(43)40(24-30(42)29(22-27-16-12-10-13-17-27)38-33(44)47-35(4,5)6)36(26(3)41,23-28-18-14-11-15-19-28)39-34(45)46-20-21-48(7,8)9/h10-19,25-26,29-31,41-42H,20-24,37H2,1-9H3,(H,38,44)(H,39,45)/t26?,29?,30?,31-,36?/m0/s1. The molecule has 2 aromatic rings. The van der Waals surface area contributed by atoms with Crippen molar-refractivity contribution < 1.29 is 34.1 Å². The number of nitrogens with one attached hydrogen (secondary N) is 2. The van der Waals surface area contributed by atoms with E-state index in [0.717, 1.165) is 11.6 Å². The first-order valence-electron chi connectivity index (χ1n) is 16.7. The first-order valence-corrected chi connectivity index (χ1v) is 20.4. The van der Waals surface area contributed by atoms with E-state index in [2.05, 4.69) is 30.3 Å². The predicted octanol–water partition coefficient (Wildman–Crippen LogP) is 4.68. The van der Waals surface area contributed by atoms with Crippen molar-refractivity contribution in [3.8, 4) is 0 Å². The second kappa shape index (κ2) is 17.8. The largest absolute Gasteiger partial charge is 0.450 e. The van der Waals surface area contributed by atoms with E-state index >= 15 is 0 Å². The van der Waals surface area contributed by atoms with Crippen LogP contribution in [-0.4, -0.2) is 90.0 Å². The molecule has 2 rings (SSSR count). The Balaban J connectivity index is 2.65. The van der Waals surface area contributed by atoms with Crippen molar-refractivity contribution in [2.24, 2.45) is 11.7 Å². The minimum atomic E-state index is -1.80. The average Bonchev–Trinajstić information content (AvgIpc) is 2.97. The maximum Gasteiger partial charge on any atom is 0.409 e. The van der Waals surface area contributed by atoms with Gasteiger partial charge in [-0.2, -0.15) is 0 Å². The molecule has 268 valence electrons. The van der Waals surface area contributed by atoms with Crippen LogP contribution in [0.5, 0.6) is 0 Å². The number of ether oxygens (including phenoxy) is 2. The van der Waals surface area contributed by atoms with Crippen molar-refractivity contribution in [3.63, 3.8) is 0 Å². The average molecular weight is 687 g/mol. The lowest BCUT2D eigenvalue weighted by Crippen LogP contribution is -2.72. The maximum absolute atomic E-state index is 14.4. The van der Waals surface area contributed by atoms with Gasteiger partial charge in [0.25, 0.3) is 0 Å². The van der Waals surface area contributed by atoms with E-state index in [0.29, 0.717) is 5.56 Å². The Morgan fingerprint density at radius 2 is 1.44 bits per heavy atom. The molecule has 48 heavy (non-hydrogen) atoms. The van der Waals surface area contributed by atoms with Gasteiger partial charge < -0.3 is 35.6 Å². The SMILES string of the molecule is CC(C)[C@H](N)C(=O)N(CC(O)C(Cc1ccccc1)NC(=O)OC(C)(C)C)C(Cc1ccccc1)(NC(=O)OCC[Si](C)(C)C)C(C)O. The van der Waals surface area contributed by atoms with E-state index in [1.165, 1.54) is 11.8 Å². The van der Waals surface area contributed by atoms with Gasteiger partial charge in [-0.25, -0.2) is 9.59 Å². The van der Waals surface area contributed by atoms with Gasteiger partial charge in [-0.15, -0.1) is 0 Å². The van der Waals surface area contributed by atoms with Crippen LogP contribution in [-0.2, 0) is 27.1 Å². The zero-order valence-electron chi connectivity index (χ0n) is 30.2. The molecule has 0 aliphatic heterocycles. The zero-order chi connectivity index (χ0) is 36.3. The summed E-state index contributed by atoms with van der Waals surface area (Å²) in [7, 11) is -1.54. The molecule has 4 unspecified atom stereocenters. The molecule has 0 aromatic heterocycles. The lowest BCUT2D eigenvalue weighted by Gasteiger charge is -2.48. The molecule has 0 bridgehead atoms. The molecule has 6 N–H and O–H groups in total. The Labute approximate surface area is 287 Å². The summed E-state index contributed by atoms with van der Waals surface area (Å²) in [5.41, 5.74) is 5.39. The van der Waals surface area contributed by atoms with Gasteiger partial charge in [0.2, 0.25) is 5.91 Å². The molecule has 11 nitrogen and oxygen atoms in total. The van der Waals surface area contributed by atoms with E-state index in [-0.39, 0.29) is 25.4 Å². The van der Waals surface area contributed by atoms with E-state index in [4.69, 9.17) is 15.2 Å². The molecule has 0 saturated heterocycles. The molecule has 0 spiro atoms. The lowest BCUT2D eigenvalue weighted by atomic mass is 9.89. The normalized spacial score (nSPS) is 15.8. The monoisotopic (exact) mass is 686 g/mol. The third-order valence-electron chi connectivity index (χ3n) is 8.00. The number of hydrogen-bond donors (Lipinski definition) is 5. The van der Waals surface area contributed by atoms with Crippen molar-refractivity contribution >= 4 is 26.2 Å².